The summed E-state index contributed by atoms with van der Waals surface area (Å²) >= 11 is 0. The molecule has 1 aromatic carbocycles. The van der Waals surface area contributed by atoms with Gasteiger partial charge in [-0.1, -0.05) is 18.2 Å². The normalized spacial score (nSPS) is 17.1. The van der Waals surface area contributed by atoms with Crippen molar-refractivity contribution < 1.29 is 14.3 Å². The van der Waals surface area contributed by atoms with E-state index in [2.05, 4.69) is 10.1 Å². The van der Waals surface area contributed by atoms with Gasteiger partial charge in [-0.05, 0) is 18.1 Å². The van der Waals surface area contributed by atoms with Crippen molar-refractivity contribution in [3.63, 3.8) is 0 Å². The van der Waals surface area contributed by atoms with Crippen molar-refractivity contribution in [1.29, 1.82) is 0 Å². The molecule has 0 aromatic heterocycles. The molecule has 5 nitrogen and oxygen atoms in total. The summed E-state index contributed by atoms with van der Waals surface area (Å²) in [6.45, 7) is 0.592. The Morgan fingerprint density at radius 2 is 2.16 bits per heavy atom. The van der Waals surface area contributed by atoms with E-state index >= 15 is 0 Å². The van der Waals surface area contributed by atoms with E-state index in [1.807, 2.05) is 24.3 Å². The van der Waals surface area contributed by atoms with E-state index in [9.17, 15) is 9.59 Å². The zero-order valence-corrected chi connectivity index (χ0v) is 11.2. The van der Waals surface area contributed by atoms with E-state index in [-0.39, 0.29) is 18.4 Å². The number of nitrogens with zero attached hydrogens (tertiary/aromatic N) is 1. The molecule has 1 unspecified atom stereocenters. The van der Waals surface area contributed by atoms with Crippen LogP contribution >= 0.6 is 0 Å². The number of amides is 1. The second-order valence-corrected chi connectivity index (χ2v) is 4.71. The van der Waals surface area contributed by atoms with Crippen LogP contribution in [-0.2, 0) is 20.7 Å². The number of esters is 1. The van der Waals surface area contributed by atoms with Gasteiger partial charge in [0.05, 0.1) is 13.0 Å². The van der Waals surface area contributed by atoms with E-state index in [1.165, 1.54) is 12.0 Å². The minimum absolute atomic E-state index is 0.00647. The lowest BCUT2D eigenvalue weighted by Gasteiger charge is -2.28. The highest BCUT2D eigenvalue weighted by atomic mass is 16.5. The molecule has 1 N–H and O–H groups in total. The summed E-state index contributed by atoms with van der Waals surface area (Å²) in [5.41, 5.74) is 2.22. The number of carbonyl (C=O) groups excluding carboxylic acids is 2. The third-order valence-electron chi connectivity index (χ3n) is 3.34. The van der Waals surface area contributed by atoms with Crippen LogP contribution in [0.1, 0.15) is 5.56 Å². The molecule has 1 amide bonds. The van der Waals surface area contributed by atoms with Crippen LogP contribution < -0.4 is 5.32 Å². The Bertz CT molecular complexity index is 487. The molecular formula is C14H18N2O3. The van der Waals surface area contributed by atoms with Gasteiger partial charge in [-0.25, -0.2) is 0 Å². The fourth-order valence-electron chi connectivity index (χ4n) is 2.26. The molecule has 19 heavy (non-hydrogen) atoms. The van der Waals surface area contributed by atoms with Crippen LogP contribution in [0.5, 0.6) is 0 Å². The fourth-order valence-corrected chi connectivity index (χ4v) is 2.26. The Balaban J connectivity index is 2.00. The summed E-state index contributed by atoms with van der Waals surface area (Å²) < 4.78 is 4.57. The SMILES string of the molecule is COC(=O)CN(C)C(=O)C1CNc2ccccc2C1. The van der Waals surface area contributed by atoms with Crippen molar-refractivity contribution in [2.75, 3.05) is 32.6 Å². The van der Waals surface area contributed by atoms with Gasteiger partial charge in [0.2, 0.25) is 5.91 Å². The van der Waals surface area contributed by atoms with Crippen LogP contribution in [0.2, 0.25) is 0 Å². The summed E-state index contributed by atoms with van der Waals surface area (Å²) in [6, 6.07) is 7.96. The van der Waals surface area contributed by atoms with Crippen LogP contribution in [0.15, 0.2) is 24.3 Å². The maximum atomic E-state index is 12.2. The first-order valence-electron chi connectivity index (χ1n) is 6.25. The van der Waals surface area contributed by atoms with Crippen LogP contribution in [0.3, 0.4) is 0 Å². The molecule has 0 spiro atoms. The Labute approximate surface area is 112 Å². The van der Waals surface area contributed by atoms with E-state index < -0.39 is 5.97 Å². The van der Waals surface area contributed by atoms with Crippen LogP contribution in [-0.4, -0.2) is 44.0 Å². The summed E-state index contributed by atoms with van der Waals surface area (Å²) in [5, 5.41) is 3.25. The number of likely N-dealkylation sites (N-methyl/N-ethyl adjacent to an activating group) is 1. The molecule has 1 heterocycles. The molecule has 2 rings (SSSR count). The average molecular weight is 262 g/mol. The van der Waals surface area contributed by atoms with E-state index in [1.54, 1.807) is 7.05 Å². The molecule has 1 aromatic rings. The number of nitrogens with one attached hydrogen (secondary N) is 1. The first-order chi connectivity index (χ1) is 9.11. The number of hydrogen-bond acceptors (Lipinski definition) is 4. The standard InChI is InChI=1S/C14H18N2O3/c1-16(9-13(17)19-2)14(18)11-7-10-5-3-4-6-12(10)15-8-11/h3-6,11,15H,7-9H2,1-2H3. The molecule has 0 radical (unpaired) electrons. The van der Waals surface area contributed by atoms with Gasteiger partial charge in [0.25, 0.3) is 0 Å². The van der Waals surface area contributed by atoms with Crippen molar-refractivity contribution in [2.45, 2.75) is 6.42 Å². The first-order valence-corrected chi connectivity index (χ1v) is 6.25. The predicted octanol–water partition coefficient (Wildman–Crippen LogP) is 0.902. The molecule has 0 aliphatic carbocycles. The topological polar surface area (TPSA) is 58.6 Å². The van der Waals surface area contributed by atoms with Gasteiger partial charge < -0.3 is 15.0 Å². The molecule has 5 heteroatoms. The van der Waals surface area contributed by atoms with Crippen LogP contribution in [0.4, 0.5) is 5.69 Å². The minimum Gasteiger partial charge on any atom is -0.468 e. The smallest absolute Gasteiger partial charge is 0.325 e. The maximum Gasteiger partial charge on any atom is 0.325 e. The number of para-hydroxylation sites is 1. The number of ether oxygens (including phenoxy) is 1. The van der Waals surface area contributed by atoms with Gasteiger partial charge in [0.15, 0.2) is 0 Å². The monoisotopic (exact) mass is 262 g/mol. The molecule has 0 saturated carbocycles. The molecule has 1 aliphatic heterocycles. The van der Waals surface area contributed by atoms with Crippen molar-refractivity contribution in [3.05, 3.63) is 29.8 Å². The fraction of sp³-hybridized carbons (Fsp3) is 0.429. The quantitative estimate of drug-likeness (QED) is 0.822. The second-order valence-electron chi connectivity index (χ2n) is 4.71. The van der Waals surface area contributed by atoms with Crippen molar-refractivity contribution in [1.82, 2.24) is 4.90 Å². The first kappa shape index (κ1) is 13.4. The Morgan fingerprint density at radius 1 is 1.42 bits per heavy atom. The molecule has 0 saturated heterocycles. The number of benzene rings is 1. The highest BCUT2D eigenvalue weighted by Gasteiger charge is 2.27. The van der Waals surface area contributed by atoms with Gasteiger partial charge in [-0.15, -0.1) is 0 Å². The number of fused-ring (bicyclic) bond motifs is 1. The van der Waals surface area contributed by atoms with Crippen LogP contribution in [0.25, 0.3) is 0 Å². The predicted molar refractivity (Wildman–Crippen MR) is 71.8 cm³/mol. The number of rotatable bonds is 3. The van der Waals surface area contributed by atoms with Crippen molar-refractivity contribution in [2.24, 2.45) is 5.92 Å². The number of hydrogen-bond donors (Lipinski definition) is 1. The van der Waals surface area contributed by atoms with Gasteiger partial charge in [-0.3, -0.25) is 9.59 Å². The Morgan fingerprint density at radius 3 is 2.89 bits per heavy atom. The molecule has 0 bridgehead atoms. The summed E-state index contributed by atoms with van der Waals surface area (Å²) in [4.78, 5) is 24.8. The lowest BCUT2D eigenvalue weighted by Crippen LogP contribution is -2.41. The van der Waals surface area contributed by atoms with E-state index in [0.29, 0.717) is 13.0 Å². The summed E-state index contributed by atoms with van der Waals surface area (Å²) in [7, 11) is 2.94. The molecule has 1 atom stereocenters. The third kappa shape index (κ3) is 3.05. The highest BCUT2D eigenvalue weighted by molar-refractivity contribution is 5.84. The minimum atomic E-state index is -0.403. The van der Waals surface area contributed by atoms with Gasteiger partial charge in [-0.2, -0.15) is 0 Å². The summed E-state index contributed by atoms with van der Waals surface area (Å²) in [6.07, 6.45) is 0.702. The largest absolute Gasteiger partial charge is 0.468 e. The second kappa shape index (κ2) is 5.73. The van der Waals surface area contributed by atoms with Crippen molar-refractivity contribution in [3.8, 4) is 0 Å². The molecule has 0 fully saturated rings. The molecular weight excluding hydrogens is 244 g/mol. The summed E-state index contributed by atoms with van der Waals surface area (Å²) in [5.74, 6) is -0.572. The number of carbonyl (C=O) groups is 2. The highest BCUT2D eigenvalue weighted by Crippen LogP contribution is 2.25. The van der Waals surface area contributed by atoms with Gasteiger partial charge in [0.1, 0.15) is 6.54 Å². The zero-order valence-electron chi connectivity index (χ0n) is 11.2. The average Bonchev–Trinajstić information content (AvgIpc) is 2.45. The lowest BCUT2D eigenvalue weighted by atomic mass is 9.93. The third-order valence-corrected chi connectivity index (χ3v) is 3.34. The number of anilines is 1. The Hall–Kier alpha value is -2.04. The van der Waals surface area contributed by atoms with Gasteiger partial charge in [0, 0.05) is 19.3 Å². The van der Waals surface area contributed by atoms with Gasteiger partial charge >= 0.3 is 5.97 Å². The molecule has 1 aliphatic rings. The Kier molecular flexibility index (Phi) is 4.04. The lowest BCUT2D eigenvalue weighted by molar-refractivity contribution is -0.147. The van der Waals surface area contributed by atoms with E-state index in [0.717, 1.165) is 11.3 Å². The van der Waals surface area contributed by atoms with E-state index in [4.69, 9.17) is 0 Å². The molecule has 102 valence electrons. The van der Waals surface area contributed by atoms with Crippen LogP contribution in [0, 0.1) is 5.92 Å². The zero-order chi connectivity index (χ0) is 13.8. The van der Waals surface area contributed by atoms with Crippen molar-refractivity contribution >= 4 is 17.6 Å². The maximum absolute atomic E-state index is 12.2. The number of methoxy groups -OCH3 is 1.